The third-order valence-electron chi connectivity index (χ3n) is 3.92. The second kappa shape index (κ2) is 7.47. The first-order chi connectivity index (χ1) is 12.2. The van der Waals surface area contributed by atoms with Crippen LogP contribution in [0.25, 0.3) is 0 Å². The standard InChI is InChI=1S/C18H16N2O6/c19-15(21)13-9(3-1-5-11(13)17(23)24)7-8-10-4-2-6-12(18(25)26)14(10)16(20)22/h1-6H,7-8H2,(H2,19,21)(H2,20,22)(H,23,24)(H,25,26). The van der Waals surface area contributed by atoms with Gasteiger partial charge < -0.3 is 21.7 Å². The Kier molecular flexibility index (Phi) is 5.36. The zero-order valence-electron chi connectivity index (χ0n) is 13.6. The molecule has 2 rings (SSSR count). The Balaban J connectivity index is 2.45. The lowest BCUT2D eigenvalue weighted by Gasteiger charge is -2.12. The Morgan fingerprint density at radius 2 is 1.04 bits per heavy atom. The molecular formula is C18H16N2O6. The molecular weight excluding hydrogens is 340 g/mol. The quantitative estimate of drug-likeness (QED) is 0.580. The molecule has 0 fully saturated rings. The van der Waals surface area contributed by atoms with Gasteiger partial charge in [-0.1, -0.05) is 24.3 Å². The highest BCUT2D eigenvalue weighted by Crippen LogP contribution is 2.20. The zero-order valence-corrected chi connectivity index (χ0v) is 13.6. The molecule has 0 saturated carbocycles. The third kappa shape index (κ3) is 3.69. The van der Waals surface area contributed by atoms with Crippen molar-refractivity contribution in [2.45, 2.75) is 12.8 Å². The van der Waals surface area contributed by atoms with E-state index in [0.29, 0.717) is 11.1 Å². The number of carboxylic acid groups (broad SMARTS) is 2. The van der Waals surface area contributed by atoms with Crippen LogP contribution in [0.5, 0.6) is 0 Å². The van der Waals surface area contributed by atoms with Gasteiger partial charge in [0, 0.05) is 0 Å². The zero-order chi connectivity index (χ0) is 19.4. The number of carboxylic acids is 2. The fourth-order valence-electron chi connectivity index (χ4n) is 2.82. The summed E-state index contributed by atoms with van der Waals surface area (Å²) in [7, 11) is 0. The molecule has 134 valence electrons. The summed E-state index contributed by atoms with van der Waals surface area (Å²) >= 11 is 0. The van der Waals surface area contributed by atoms with Gasteiger partial charge in [0.2, 0.25) is 11.8 Å². The first-order valence-corrected chi connectivity index (χ1v) is 7.54. The Bertz CT molecular complexity index is 844. The third-order valence-corrected chi connectivity index (χ3v) is 3.92. The molecule has 0 aromatic heterocycles. The molecule has 0 aliphatic heterocycles. The van der Waals surface area contributed by atoms with Gasteiger partial charge >= 0.3 is 11.9 Å². The van der Waals surface area contributed by atoms with Gasteiger partial charge in [-0.15, -0.1) is 0 Å². The summed E-state index contributed by atoms with van der Waals surface area (Å²) in [5.74, 6) is -4.34. The largest absolute Gasteiger partial charge is 0.478 e. The van der Waals surface area contributed by atoms with E-state index in [1.54, 1.807) is 12.1 Å². The van der Waals surface area contributed by atoms with Crippen molar-refractivity contribution in [3.05, 3.63) is 69.8 Å². The lowest BCUT2D eigenvalue weighted by Crippen LogP contribution is -2.20. The Morgan fingerprint density at radius 3 is 1.31 bits per heavy atom. The van der Waals surface area contributed by atoms with E-state index in [-0.39, 0.29) is 35.1 Å². The minimum atomic E-state index is -1.29. The van der Waals surface area contributed by atoms with Crippen LogP contribution < -0.4 is 11.5 Å². The lowest BCUT2D eigenvalue weighted by molar-refractivity contribution is 0.0683. The van der Waals surface area contributed by atoms with Gasteiger partial charge in [-0.2, -0.15) is 0 Å². The number of hydrogen-bond donors (Lipinski definition) is 4. The van der Waals surface area contributed by atoms with E-state index in [1.165, 1.54) is 24.3 Å². The van der Waals surface area contributed by atoms with Crippen molar-refractivity contribution in [3.8, 4) is 0 Å². The maximum absolute atomic E-state index is 11.7. The number of amides is 2. The van der Waals surface area contributed by atoms with Crippen LogP contribution in [0, 0.1) is 0 Å². The second-order valence-electron chi connectivity index (χ2n) is 5.52. The number of aromatic carboxylic acids is 2. The average Bonchev–Trinajstić information content (AvgIpc) is 2.58. The van der Waals surface area contributed by atoms with E-state index in [0.717, 1.165) is 0 Å². The van der Waals surface area contributed by atoms with Gasteiger partial charge in [0.1, 0.15) is 0 Å². The molecule has 2 aromatic rings. The second-order valence-corrected chi connectivity index (χ2v) is 5.52. The number of hydrogen-bond acceptors (Lipinski definition) is 4. The van der Waals surface area contributed by atoms with Crippen LogP contribution in [0.2, 0.25) is 0 Å². The summed E-state index contributed by atoms with van der Waals surface area (Å²) in [5.41, 5.74) is 10.7. The average molecular weight is 356 g/mol. The monoisotopic (exact) mass is 356 g/mol. The van der Waals surface area contributed by atoms with Gasteiger partial charge in [0.05, 0.1) is 22.3 Å². The first-order valence-electron chi connectivity index (χ1n) is 7.54. The molecule has 2 amide bonds. The van der Waals surface area contributed by atoms with Gasteiger partial charge in [0.15, 0.2) is 0 Å². The molecule has 26 heavy (non-hydrogen) atoms. The van der Waals surface area contributed by atoms with Crippen molar-refractivity contribution in [1.82, 2.24) is 0 Å². The van der Waals surface area contributed by atoms with Crippen LogP contribution >= 0.6 is 0 Å². The van der Waals surface area contributed by atoms with E-state index in [9.17, 15) is 29.4 Å². The molecule has 6 N–H and O–H groups in total. The summed E-state index contributed by atoms with van der Waals surface area (Å²) in [4.78, 5) is 45.9. The van der Waals surface area contributed by atoms with Crippen molar-refractivity contribution >= 4 is 23.8 Å². The van der Waals surface area contributed by atoms with Crippen LogP contribution in [0.3, 0.4) is 0 Å². The van der Waals surface area contributed by atoms with Crippen molar-refractivity contribution in [2.24, 2.45) is 11.5 Å². The van der Waals surface area contributed by atoms with Crippen molar-refractivity contribution in [2.75, 3.05) is 0 Å². The molecule has 0 bridgehead atoms. The molecule has 0 spiro atoms. The predicted octanol–water partition coefficient (Wildman–Crippen LogP) is 1.07. The Labute approximate surface area is 148 Å². The molecule has 8 heteroatoms. The highest BCUT2D eigenvalue weighted by Gasteiger charge is 2.21. The molecule has 0 atom stereocenters. The molecule has 0 unspecified atom stereocenters. The highest BCUT2D eigenvalue weighted by molar-refractivity contribution is 6.06. The maximum atomic E-state index is 11.7. The maximum Gasteiger partial charge on any atom is 0.336 e. The number of rotatable bonds is 7. The fourth-order valence-corrected chi connectivity index (χ4v) is 2.82. The van der Waals surface area contributed by atoms with Gasteiger partial charge in [0.25, 0.3) is 0 Å². The summed E-state index contributed by atoms with van der Waals surface area (Å²) in [5, 5.41) is 18.4. The highest BCUT2D eigenvalue weighted by atomic mass is 16.4. The van der Waals surface area contributed by atoms with Gasteiger partial charge in [-0.05, 0) is 36.1 Å². The SMILES string of the molecule is NC(=O)c1c(CCc2cccc(C(=O)O)c2C(N)=O)cccc1C(=O)O. The van der Waals surface area contributed by atoms with E-state index < -0.39 is 23.8 Å². The molecule has 0 heterocycles. The van der Waals surface area contributed by atoms with E-state index >= 15 is 0 Å². The number of carbonyl (C=O) groups excluding carboxylic acids is 2. The van der Waals surface area contributed by atoms with Crippen molar-refractivity contribution in [3.63, 3.8) is 0 Å². The first kappa shape index (κ1) is 18.7. The molecule has 0 aliphatic carbocycles. The summed E-state index contributed by atoms with van der Waals surface area (Å²) in [6, 6.07) is 8.61. The minimum Gasteiger partial charge on any atom is -0.478 e. The molecule has 0 aliphatic rings. The number of aryl methyl sites for hydroxylation is 2. The molecule has 0 saturated heterocycles. The van der Waals surface area contributed by atoms with Crippen LogP contribution in [0.15, 0.2) is 36.4 Å². The van der Waals surface area contributed by atoms with E-state index in [1.807, 2.05) is 0 Å². The molecule has 0 radical (unpaired) electrons. The summed E-state index contributed by atoms with van der Waals surface area (Å²) in [6.45, 7) is 0. The normalized spacial score (nSPS) is 10.3. The fraction of sp³-hybridized carbons (Fsp3) is 0.111. The minimum absolute atomic E-state index is 0.116. The van der Waals surface area contributed by atoms with E-state index in [4.69, 9.17) is 11.5 Å². The smallest absolute Gasteiger partial charge is 0.336 e. The summed E-state index contributed by atoms with van der Waals surface area (Å²) < 4.78 is 0. The predicted molar refractivity (Wildman–Crippen MR) is 91.2 cm³/mol. The molecule has 2 aromatic carbocycles. The summed E-state index contributed by atoms with van der Waals surface area (Å²) in [6.07, 6.45) is 0.339. The van der Waals surface area contributed by atoms with Crippen LogP contribution in [0.1, 0.15) is 52.6 Å². The van der Waals surface area contributed by atoms with Crippen molar-refractivity contribution < 1.29 is 29.4 Å². The molecule has 8 nitrogen and oxygen atoms in total. The Hall–Kier alpha value is -3.68. The van der Waals surface area contributed by atoms with Gasteiger partial charge in [-0.3, -0.25) is 9.59 Å². The van der Waals surface area contributed by atoms with Crippen molar-refractivity contribution in [1.29, 1.82) is 0 Å². The topological polar surface area (TPSA) is 161 Å². The number of benzene rings is 2. The van der Waals surface area contributed by atoms with Crippen LogP contribution in [-0.4, -0.2) is 34.0 Å². The number of primary amides is 2. The number of carbonyl (C=O) groups is 4. The van der Waals surface area contributed by atoms with Crippen LogP contribution in [-0.2, 0) is 12.8 Å². The Morgan fingerprint density at radius 1 is 0.692 bits per heavy atom. The lowest BCUT2D eigenvalue weighted by atomic mass is 9.92. The van der Waals surface area contributed by atoms with Crippen LogP contribution in [0.4, 0.5) is 0 Å². The van der Waals surface area contributed by atoms with Gasteiger partial charge in [-0.25, -0.2) is 9.59 Å². The number of nitrogens with two attached hydrogens (primary N) is 2. The van der Waals surface area contributed by atoms with E-state index in [2.05, 4.69) is 0 Å².